The van der Waals surface area contributed by atoms with Crippen molar-refractivity contribution in [2.75, 3.05) is 0 Å². The first-order valence-corrected chi connectivity index (χ1v) is 8.92. The molecule has 0 radical (unpaired) electrons. The Morgan fingerprint density at radius 3 is 2.04 bits per heavy atom. The predicted octanol–water partition coefficient (Wildman–Crippen LogP) is 4.70. The molecule has 0 aliphatic rings. The highest BCUT2D eigenvalue weighted by Crippen LogP contribution is 2.25. The van der Waals surface area contributed by atoms with Gasteiger partial charge in [0.25, 0.3) is 0 Å². The van der Waals surface area contributed by atoms with Gasteiger partial charge in [0.1, 0.15) is 12.7 Å². The predicted molar refractivity (Wildman–Crippen MR) is 100 cm³/mol. The van der Waals surface area contributed by atoms with E-state index in [0.717, 1.165) is 11.1 Å². The Balaban J connectivity index is 2.01. The number of carbonyl (C=O) groups excluding carboxylic acids is 2. The molecule has 2 unspecified atom stereocenters. The molecule has 0 aliphatic carbocycles. The molecule has 138 valence electrons. The number of carbonyl (C=O) groups is 2. The molecule has 0 N–H and O–H groups in total. The molecule has 0 saturated carbocycles. The molecule has 0 bridgehead atoms. The van der Waals surface area contributed by atoms with Gasteiger partial charge in [-0.15, -0.1) is 0 Å². The van der Waals surface area contributed by atoms with Crippen LogP contribution in [0.4, 0.5) is 0 Å². The van der Waals surface area contributed by atoms with Crippen molar-refractivity contribution in [1.29, 1.82) is 0 Å². The van der Waals surface area contributed by atoms with Crippen LogP contribution < -0.4 is 0 Å². The minimum Gasteiger partial charge on any atom is -0.461 e. The van der Waals surface area contributed by atoms with Crippen molar-refractivity contribution in [2.24, 2.45) is 11.8 Å². The average Bonchev–Trinajstić information content (AvgIpc) is 2.66. The lowest BCUT2D eigenvalue weighted by molar-refractivity contribution is -0.160. The molecule has 0 amide bonds. The third-order valence-electron chi connectivity index (χ3n) is 4.40. The Morgan fingerprint density at radius 1 is 0.885 bits per heavy atom. The molecule has 0 aromatic heterocycles. The second-order valence-electron chi connectivity index (χ2n) is 6.72. The summed E-state index contributed by atoms with van der Waals surface area (Å²) in [5.41, 5.74) is 1.70. The van der Waals surface area contributed by atoms with Crippen molar-refractivity contribution >= 4 is 11.9 Å². The summed E-state index contributed by atoms with van der Waals surface area (Å²) in [6, 6.07) is 18.8. The van der Waals surface area contributed by atoms with Gasteiger partial charge in [-0.25, -0.2) is 0 Å². The fourth-order valence-corrected chi connectivity index (χ4v) is 2.36. The maximum Gasteiger partial charge on any atom is 0.310 e. The van der Waals surface area contributed by atoms with Crippen molar-refractivity contribution in [3.63, 3.8) is 0 Å². The second-order valence-corrected chi connectivity index (χ2v) is 6.72. The molecule has 26 heavy (non-hydrogen) atoms. The molecular weight excluding hydrogens is 328 g/mol. The van der Waals surface area contributed by atoms with Gasteiger partial charge >= 0.3 is 11.9 Å². The van der Waals surface area contributed by atoms with Crippen LogP contribution in [-0.4, -0.2) is 11.9 Å². The van der Waals surface area contributed by atoms with E-state index in [0.29, 0.717) is 0 Å². The van der Waals surface area contributed by atoms with E-state index in [2.05, 4.69) is 0 Å². The summed E-state index contributed by atoms with van der Waals surface area (Å²) in [5.74, 6) is -0.761. The largest absolute Gasteiger partial charge is 0.461 e. The summed E-state index contributed by atoms with van der Waals surface area (Å²) in [5, 5.41) is 0. The van der Waals surface area contributed by atoms with Crippen molar-refractivity contribution in [2.45, 2.75) is 39.9 Å². The lowest BCUT2D eigenvalue weighted by Crippen LogP contribution is -2.23. The first-order chi connectivity index (χ1) is 12.5. The monoisotopic (exact) mass is 354 g/mol. The Kier molecular flexibility index (Phi) is 7.39. The third kappa shape index (κ3) is 6.03. The Bertz CT molecular complexity index is 695. The number of hydrogen-bond acceptors (Lipinski definition) is 4. The number of benzene rings is 2. The van der Waals surface area contributed by atoms with Gasteiger partial charge in [0.15, 0.2) is 0 Å². The van der Waals surface area contributed by atoms with Gasteiger partial charge in [0.2, 0.25) is 0 Å². The minimum atomic E-state index is -0.645. The highest BCUT2D eigenvalue weighted by molar-refractivity contribution is 5.74. The molecule has 2 aromatic rings. The summed E-state index contributed by atoms with van der Waals surface area (Å²) < 4.78 is 11.0. The smallest absolute Gasteiger partial charge is 0.310 e. The van der Waals surface area contributed by atoms with Crippen molar-refractivity contribution in [3.05, 3.63) is 71.8 Å². The molecule has 0 fully saturated rings. The van der Waals surface area contributed by atoms with Gasteiger partial charge in [-0.2, -0.15) is 0 Å². The first-order valence-electron chi connectivity index (χ1n) is 8.92. The third-order valence-corrected chi connectivity index (χ3v) is 4.40. The topological polar surface area (TPSA) is 52.6 Å². The number of hydrogen-bond donors (Lipinski definition) is 0. The Labute approximate surface area is 155 Å². The van der Waals surface area contributed by atoms with Gasteiger partial charge in [0, 0.05) is 0 Å². The summed E-state index contributed by atoms with van der Waals surface area (Å²) in [4.78, 5) is 24.6. The minimum absolute atomic E-state index is 0.00655. The van der Waals surface area contributed by atoms with Crippen LogP contribution in [0.15, 0.2) is 60.7 Å². The highest BCUT2D eigenvalue weighted by atomic mass is 16.6. The van der Waals surface area contributed by atoms with E-state index in [4.69, 9.17) is 9.47 Å². The molecule has 0 heterocycles. The number of ether oxygens (including phenoxy) is 2. The first kappa shape index (κ1) is 19.7. The van der Waals surface area contributed by atoms with Gasteiger partial charge < -0.3 is 9.47 Å². The van der Waals surface area contributed by atoms with Crippen LogP contribution in [0.1, 0.15) is 44.4 Å². The SMILES string of the molecule is CC(C)C(C)C(=O)OC(CC(=O)OCc1ccccc1)c1ccccc1. The van der Waals surface area contributed by atoms with Gasteiger partial charge in [-0.05, 0) is 17.0 Å². The zero-order valence-electron chi connectivity index (χ0n) is 15.6. The van der Waals surface area contributed by atoms with Crippen molar-refractivity contribution < 1.29 is 19.1 Å². The van der Waals surface area contributed by atoms with E-state index in [-0.39, 0.29) is 30.8 Å². The molecule has 2 aromatic carbocycles. The molecule has 0 spiro atoms. The molecule has 4 heteroatoms. The van der Waals surface area contributed by atoms with E-state index >= 15 is 0 Å². The normalized spacial score (nSPS) is 13.1. The Hall–Kier alpha value is -2.62. The second kappa shape index (κ2) is 9.76. The van der Waals surface area contributed by atoms with Crippen LogP contribution in [0.2, 0.25) is 0 Å². The van der Waals surface area contributed by atoms with Gasteiger partial charge in [-0.1, -0.05) is 81.4 Å². The van der Waals surface area contributed by atoms with Gasteiger partial charge in [0.05, 0.1) is 12.3 Å². The molecule has 2 rings (SSSR count). The standard InChI is InChI=1S/C22H26O4/c1-16(2)17(3)22(24)26-20(19-12-8-5-9-13-19)14-21(23)25-15-18-10-6-4-7-11-18/h4-13,16-17,20H,14-15H2,1-3H3. The lowest BCUT2D eigenvalue weighted by Gasteiger charge is -2.21. The van der Waals surface area contributed by atoms with E-state index in [1.807, 2.05) is 81.4 Å². The molecule has 2 atom stereocenters. The average molecular weight is 354 g/mol. The Morgan fingerprint density at radius 2 is 1.46 bits per heavy atom. The fraction of sp³-hybridized carbons (Fsp3) is 0.364. The number of rotatable bonds is 8. The lowest BCUT2D eigenvalue weighted by atomic mass is 9.98. The van der Waals surface area contributed by atoms with Crippen LogP contribution in [0.5, 0.6) is 0 Å². The number of esters is 2. The van der Waals surface area contributed by atoms with Crippen molar-refractivity contribution in [3.8, 4) is 0 Å². The maximum atomic E-state index is 12.4. The maximum absolute atomic E-state index is 12.4. The highest BCUT2D eigenvalue weighted by Gasteiger charge is 2.25. The zero-order valence-corrected chi connectivity index (χ0v) is 15.6. The van der Waals surface area contributed by atoms with Crippen LogP contribution in [-0.2, 0) is 25.7 Å². The van der Waals surface area contributed by atoms with Crippen LogP contribution in [0.25, 0.3) is 0 Å². The van der Waals surface area contributed by atoms with Crippen molar-refractivity contribution in [1.82, 2.24) is 0 Å². The molecular formula is C22H26O4. The van der Waals surface area contributed by atoms with Gasteiger partial charge in [-0.3, -0.25) is 9.59 Å². The fourth-order valence-electron chi connectivity index (χ4n) is 2.36. The van der Waals surface area contributed by atoms with Crippen LogP contribution >= 0.6 is 0 Å². The summed E-state index contributed by atoms with van der Waals surface area (Å²) in [7, 11) is 0. The van der Waals surface area contributed by atoms with Crippen LogP contribution in [0.3, 0.4) is 0 Å². The van der Waals surface area contributed by atoms with E-state index in [1.165, 1.54) is 0 Å². The van der Waals surface area contributed by atoms with E-state index < -0.39 is 12.1 Å². The van der Waals surface area contributed by atoms with E-state index in [9.17, 15) is 9.59 Å². The summed E-state index contributed by atoms with van der Waals surface area (Å²) in [6.07, 6.45) is -0.652. The summed E-state index contributed by atoms with van der Waals surface area (Å²) in [6.45, 7) is 5.98. The quantitative estimate of drug-likeness (QED) is 0.645. The zero-order chi connectivity index (χ0) is 18.9. The summed E-state index contributed by atoms with van der Waals surface area (Å²) >= 11 is 0. The molecule has 0 saturated heterocycles. The van der Waals surface area contributed by atoms with E-state index in [1.54, 1.807) is 0 Å². The molecule has 4 nitrogen and oxygen atoms in total. The van der Waals surface area contributed by atoms with Crippen LogP contribution in [0, 0.1) is 11.8 Å². The molecule has 0 aliphatic heterocycles.